The highest BCUT2D eigenvalue weighted by Crippen LogP contribution is 2.31. The number of nitrogens with one attached hydrogen (secondary N) is 2. The monoisotopic (exact) mass is 446 g/mol. The van der Waals surface area contributed by atoms with Crippen LogP contribution in [0.3, 0.4) is 0 Å². The number of benzene rings is 2. The molecule has 0 unspecified atom stereocenters. The molecule has 0 fully saturated rings. The van der Waals surface area contributed by atoms with Gasteiger partial charge in [-0.1, -0.05) is 30.3 Å². The van der Waals surface area contributed by atoms with Gasteiger partial charge < -0.3 is 15.0 Å². The Morgan fingerprint density at radius 1 is 1.09 bits per heavy atom. The van der Waals surface area contributed by atoms with Crippen LogP contribution in [0.1, 0.15) is 23.2 Å². The number of nitrogens with zero attached hydrogens (tertiary/aromatic N) is 2. The Balaban J connectivity index is 1.56. The van der Waals surface area contributed by atoms with Crippen molar-refractivity contribution in [2.75, 3.05) is 13.7 Å². The molecule has 0 saturated carbocycles. The predicted molar refractivity (Wildman–Crippen MR) is 111 cm³/mol. The number of alkyl halides is 3. The minimum absolute atomic E-state index is 0.0204. The van der Waals surface area contributed by atoms with Crippen molar-refractivity contribution in [3.8, 4) is 17.1 Å². The summed E-state index contributed by atoms with van der Waals surface area (Å²) in [5.41, 5.74) is -0.380. The number of aromatic amines is 1. The first-order valence-corrected chi connectivity index (χ1v) is 9.80. The Hall–Kier alpha value is -3.69. The van der Waals surface area contributed by atoms with E-state index in [0.717, 1.165) is 23.4 Å². The summed E-state index contributed by atoms with van der Waals surface area (Å²) in [5, 5.41) is 10.4. The molecule has 1 aromatic heterocycles. The van der Waals surface area contributed by atoms with Gasteiger partial charge in [-0.2, -0.15) is 13.2 Å². The highest BCUT2D eigenvalue weighted by atomic mass is 19.4. The average Bonchev–Trinajstić information content (AvgIpc) is 2.78. The number of halogens is 3. The minimum atomic E-state index is -4.51. The van der Waals surface area contributed by atoms with E-state index in [4.69, 9.17) is 4.74 Å². The first kappa shape index (κ1) is 23.0. The van der Waals surface area contributed by atoms with Crippen LogP contribution in [0.5, 0.6) is 5.75 Å². The maximum Gasteiger partial charge on any atom is 0.416 e. The van der Waals surface area contributed by atoms with Gasteiger partial charge in [-0.25, -0.2) is 0 Å². The number of carbonyl (C=O) groups is 1. The quantitative estimate of drug-likeness (QED) is 0.554. The average molecular weight is 446 g/mol. The number of H-pyrrole nitrogens is 1. The molecule has 2 N–H and O–H groups in total. The lowest BCUT2D eigenvalue weighted by Gasteiger charge is -2.09. The molecule has 0 aliphatic carbocycles. The largest absolute Gasteiger partial charge is 0.496 e. The maximum atomic E-state index is 12.9. The summed E-state index contributed by atoms with van der Waals surface area (Å²) < 4.78 is 43.9. The molecule has 2 aromatic carbocycles. The van der Waals surface area contributed by atoms with E-state index in [1.54, 1.807) is 7.11 Å². The van der Waals surface area contributed by atoms with Gasteiger partial charge >= 0.3 is 6.18 Å². The molecule has 1 amide bonds. The summed E-state index contributed by atoms with van der Waals surface area (Å²) >= 11 is 0. The van der Waals surface area contributed by atoms with Gasteiger partial charge in [-0.3, -0.25) is 9.59 Å². The molecule has 10 heteroatoms. The molecule has 3 aromatic rings. The number of hydrogen-bond donors (Lipinski definition) is 2. The van der Waals surface area contributed by atoms with Crippen LogP contribution in [0, 0.1) is 0 Å². The van der Waals surface area contributed by atoms with Crippen molar-refractivity contribution in [2.45, 2.75) is 25.4 Å². The zero-order chi connectivity index (χ0) is 23.1. The summed E-state index contributed by atoms with van der Waals surface area (Å²) in [6.07, 6.45) is -3.86. The van der Waals surface area contributed by atoms with Crippen molar-refractivity contribution in [2.24, 2.45) is 0 Å². The second-order valence-corrected chi connectivity index (χ2v) is 6.94. The Bertz CT molecular complexity index is 1150. The first-order chi connectivity index (χ1) is 15.3. The number of aryl methyl sites for hydroxylation is 1. The van der Waals surface area contributed by atoms with Gasteiger partial charge in [0.25, 0.3) is 5.56 Å². The molecule has 1 heterocycles. The van der Waals surface area contributed by atoms with Crippen molar-refractivity contribution in [3.63, 3.8) is 0 Å². The van der Waals surface area contributed by atoms with Crippen LogP contribution in [-0.4, -0.2) is 34.7 Å². The molecule has 0 aliphatic heterocycles. The third-order valence-electron chi connectivity index (χ3n) is 4.73. The lowest BCUT2D eigenvalue weighted by Crippen LogP contribution is -2.27. The van der Waals surface area contributed by atoms with E-state index < -0.39 is 17.3 Å². The van der Waals surface area contributed by atoms with Gasteiger partial charge in [0.05, 0.1) is 12.7 Å². The zero-order valence-corrected chi connectivity index (χ0v) is 17.2. The van der Waals surface area contributed by atoms with Crippen molar-refractivity contribution in [1.82, 2.24) is 20.5 Å². The number of aromatic nitrogens is 3. The van der Waals surface area contributed by atoms with Crippen LogP contribution in [0.4, 0.5) is 13.2 Å². The summed E-state index contributed by atoms with van der Waals surface area (Å²) in [4.78, 5) is 26.8. The molecule has 0 saturated heterocycles. The first-order valence-electron chi connectivity index (χ1n) is 9.80. The molecule has 32 heavy (non-hydrogen) atoms. The van der Waals surface area contributed by atoms with Crippen LogP contribution in [-0.2, 0) is 23.8 Å². The molecule has 7 nitrogen and oxygen atoms in total. The number of rotatable bonds is 8. The van der Waals surface area contributed by atoms with E-state index in [0.29, 0.717) is 13.0 Å². The van der Waals surface area contributed by atoms with Gasteiger partial charge in [-0.05, 0) is 30.2 Å². The zero-order valence-electron chi connectivity index (χ0n) is 17.2. The SMILES string of the molecule is COc1ccccc1CCNC(=O)CCc1nnc(-c2cccc(C(F)(F)F)c2)[nH]c1=O. The summed E-state index contributed by atoms with van der Waals surface area (Å²) in [7, 11) is 1.58. The molecular formula is C22H21F3N4O3. The van der Waals surface area contributed by atoms with Gasteiger partial charge in [0.1, 0.15) is 11.4 Å². The van der Waals surface area contributed by atoms with Crippen molar-refractivity contribution >= 4 is 5.91 Å². The lowest BCUT2D eigenvalue weighted by molar-refractivity contribution is -0.137. The maximum absolute atomic E-state index is 12.9. The Morgan fingerprint density at radius 3 is 2.59 bits per heavy atom. The third kappa shape index (κ3) is 5.93. The topological polar surface area (TPSA) is 97.0 Å². The molecule has 0 radical (unpaired) electrons. The number of hydrogen-bond acceptors (Lipinski definition) is 5. The number of ether oxygens (including phenoxy) is 1. The Labute approximate surface area is 181 Å². The van der Waals surface area contributed by atoms with Gasteiger partial charge in [-0.15, -0.1) is 10.2 Å². The van der Waals surface area contributed by atoms with Crippen LogP contribution in [0.25, 0.3) is 11.4 Å². The standard InChI is InChI=1S/C22H21F3N4O3/c1-32-18-8-3-2-5-14(18)11-12-26-19(30)10-9-17-21(31)27-20(29-28-17)15-6-4-7-16(13-15)22(23,24)25/h2-8,13H,9-12H2,1H3,(H,26,30)(H,27,29,31). The van der Waals surface area contributed by atoms with Gasteiger partial charge in [0.15, 0.2) is 5.82 Å². The van der Waals surface area contributed by atoms with Crippen LogP contribution >= 0.6 is 0 Å². The number of para-hydroxylation sites is 1. The fraction of sp³-hybridized carbons (Fsp3) is 0.273. The van der Waals surface area contributed by atoms with E-state index in [2.05, 4.69) is 20.5 Å². The fourth-order valence-electron chi connectivity index (χ4n) is 3.06. The molecule has 0 spiro atoms. The van der Waals surface area contributed by atoms with Crippen LogP contribution in [0.15, 0.2) is 53.3 Å². The van der Waals surface area contributed by atoms with Crippen LogP contribution < -0.4 is 15.6 Å². The second kappa shape index (κ2) is 10.1. The number of amides is 1. The van der Waals surface area contributed by atoms with E-state index in [9.17, 15) is 22.8 Å². The van der Waals surface area contributed by atoms with Crippen LogP contribution in [0.2, 0.25) is 0 Å². The predicted octanol–water partition coefficient (Wildman–Crippen LogP) is 3.15. The van der Waals surface area contributed by atoms with E-state index in [1.807, 2.05) is 24.3 Å². The number of carbonyl (C=O) groups excluding carboxylic acids is 1. The molecular weight excluding hydrogens is 425 g/mol. The smallest absolute Gasteiger partial charge is 0.416 e. The third-order valence-corrected chi connectivity index (χ3v) is 4.73. The number of methoxy groups -OCH3 is 1. The highest BCUT2D eigenvalue weighted by molar-refractivity contribution is 5.76. The van der Waals surface area contributed by atoms with Crippen molar-refractivity contribution in [1.29, 1.82) is 0 Å². The summed E-state index contributed by atoms with van der Waals surface area (Å²) in [6.45, 7) is 0.399. The Morgan fingerprint density at radius 2 is 1.88 bits per heavy atom. The molecule has 3 rings (SSSR count). The second-order valence-electron chi connectivity index (χ2n) is 6.94. The Kier molecular flexibility index (Phi) is 7.24. The fourth-order valence-corrected chi connectivity index (χ4v) is 3.06. The van der Waals surface area contributed by atoms with Crippen molar-refractivity contribution in [3.05, 3.63) is 75.7 Å². The molecule has 0 bridgehead atoms. The van der Waals surface area contributed by atoms with Gasteiger partial charge in [0.2, 0.25) is 5.91 Å². The highest BCUT2D eigenvalue weighted by Gasteiger charge is 2.30. The minimum Gasteiger partial charge on any atom is -0.496 e. The van der Waals surface area contributed by atoms with E-state index in [-0.39, 0.29) is 35.8 Å². The normalized spacial score (nSPS) is 11.2. The summed E-state index contributed by atoms with van der Waals surface area (Å²) in [6, 6.07) is 11.9. The van der Waals surface area contributed by atoms with E-state index in [1.165, 1.54) is 12.1 Å². The van der Waals surface area contributed by atoms with Crippen molar-refractivity contribution < 1.29 is 22.7 Å². The molecule has 0 aliphatic rings. The lowest BCUT2D eigenvalue weighted by atomic mass is 10.1. The van der Waals surface area contributed by atoms with Gasteiger partial charge in [0, 0.05) is 24.9 Å². The summed E-state index contributed by atoms with van der Waals surface area (Å²) in [5.74, 6) is 0.401. The molecule has 168 valence electrons. The molecule has 0 atom stereocenters. The van der Waals surface area contributed by atoms with E-state index >= 15 is 0 Å².